The number of aryl methyl sites for hydroxylation is 2. The zero-order chi connectivity index (χ0) is 17.2. The first-order valence-corrected chi connectivity index (χ1v) is 6.34. The quantitative estimate of drug-likeness (QED) is 0.858. The first kappa shape index (κ1) is 16.5. The highest BCUT2D eigenvalue weighted by atomic mass is 19.4. The molecule has 0 saturated carbocycles. The second-order valence-electron chi connectivity index (χ2n) is 4.69. The molecule has 2 heterocycles. The number of amides is 2. The Balaban J connectivity index is 2.11. The summed E-state index contributed by atoms with van der Waals surface area (Å²) in [4.78, 5) is 23.1. The molecule has 0 atom stereocenters. The Morgan fingerprint density at radius 1 is 1.22 bits per heavy atom. The summed E-state index contributed by atoms with van der Waals surface area (Å²) >= 11 is 0. The van der Waals surface area contributed by atoms with E-state index in [1.54, 1.807) is 23.2 Å². The van der Waals surface area contributed by atoms with Crippen molar-refractivity contribution in [2.24, 2.45) is 14.1 Å². The number of carbonyl (C=O) groups excluding carboxylic acids is 2. The number of rotatable bonds is 4. The van der Waals surface area contributed by atoms with Crippen LogP contribution in [0.15, 0.2) is 18.6 Å². The van der Waals surface area contributed by atoms with Crippen LogP contribution in [0.1, 0.15) is 16.1 Å². The number of carbonyl (C=O) groups is 2. The van der Waals surface area contributed by atoms with Gasteiger partial charge < -0.3 is 10.6 Å². The summed E-state index contributed by atoms with van der Waals surface area (Å²) in [6.45, 7) is 0.129. The van der Waals surface area contributed by atoms with Crippen molar-refractivity contribution in [3.63, 3.8) is 0 Å². The van der Waals surface area contributed by atoms with Crippen LogP contribution >= 0.6 is 0 Å². The van der Waals surface area contributed by atoms with Gasteiger partial charge in [-0.05, 0) is 0 Å². The van der Waals surface area contributed by atoms with Crippen molar-refractivity contribution in [1.82, 2.24) is 24.9 Å². The van der Waals surface area contributed by atoms with Crippen molar-refractivity contribution < 1.29 is 22.8 Å². The van der Waals surface area contributed by atoms with Gasteiger partial charge in [-0.25, -0.2) is 0 Å². The van der Waals surface area contributed by atoms with E-state index in [2.05, 4.69) is 15.5 Å². The molecular formula is C12H13F3N6O2. The van der Waals surface area contributed by atoms with Gasteiger partial charge in [0.1, 0.15) is 5.69 Å². The lowest BCUT2D eigenvalue weighted by molar-refractivity contribution is -0.167. The third kappa shape index (κ3) is 3.87. The first-order chi connectivity index (χ1) is 10.7. The Morgan fingerprint density at radius 3 is 2.48 bits per heavy atom. The van der Waals surface area contributed by atoms with Crippen molar-refractivity contribution >= 4 is 17.5 Å². The van der Waals surface area contributed by atoms with Crippen LogP contribution in [0.25, 0.3) is 0 Å². The third-order valence-corrected chi connectivity index (χ3v) is 2.87. The maximum absolute atomic E-state index is 12.3. The van der Waals surface area contributed by atoms with E-state index in [-0.39, 0.29) is 17.9 Å². The Morgan fingerprint density at radius 2 is 1.91 bits per heavy atom. The molecule has 124 valence electrons. The summed E-state index contributed by atoms with van der Waals surface area (Å²) in [6, 6.07) is 0. The molecule has 0 aliphatic heterocycles. The third-order valence-electron chi connectivity index (χ3n) is 2.87. The molecule has 2 aromatic rings. The van der Waals surface area contributed by atoms with E-state index in [1.807, 2.05) is 0 Å². The monoisotopic (exact) mass is 330 g/mol. The molecule has 0 aliphatic rings. The lowest BCUT2D eigenvalue weighted by Crippen LogP contribution is -2.32. The first-order valence-electron chi connectivity index (χ1n) is 6.34. The van der Waals surface area contributed by atoms with Crippen LogP contribution in [-0.4, -0.2) is 37.6 Å². The molecular weight excluding hydrogens is 317 g/mol. The van der Waals surface area contributed by atoms with Gasteiger partial charge in [0.05, 0.1) is 18.1 Å². The largest absolute Gasteiger partial charge is 0.471 e. The van der Waals surface area contributed by atoms with Crippen LogP contribution in [0.4, 0.5) is 18.9 Å². The maximum atomic E-state index is 12.3. The van der Waals surface area contributed by atoms with E-state index in [4.69, 9.17) is 0 Å². The number of halogens is 3. The topological polar surface area (TPSA) is 93.8 Å². The van der Waals surface area contributed by atoms with E-state index in [0.717, 1.165) is 10.9 Å². The van der Waals surface area contributed by atoms with Crippen molar-refractivity contribution in [1.29, 1.82) is 0 Å². The molecule has 0 spiro atoms. The second kappa shape index (κ2) is 6.10. The minimum atomic E-state index is -5.06. The van der Waals surface area contributed by atoms with Gasteiger partial charge in [-0.2, -0.15) is 23.4 Å². The summed E-state index contributed by atoms with van der Waals surface area (Å²) in [6.07, 6.45) is -0.867. The lowest BCUT2D eigenvalue weighted by atomic mass is 10.3. The standard InChI is InChI=1S/C12H13F3N6O2/c1-20-6-7(4-17-20)3-16-10(22)9-8(5-18-21(9)2)19-11(23)12(13,14)15/h4-6H,3H2,1-2H3,(H,16,22)(H,19,23). The average molecular weight is 330 g/mol. The second-order valence-corrected chi connectivity index (χ2v) is 4.69. The van der Waals surface area contributed by atoms with E-state index in [9.17, 15) is 22.8 Å². The predicted molar refractivity (Wildman–Crippen MR) is 72.3 cm³/mol. The van der Waals surface area contributed by atoms with Crippen LogP contribution in [0.3, 0.4) is 0 Å². The lowest BCUT2D eigenvalue weighted by Gasteiger charge is -2.09. The Hall–Kier alpha value is -2.85. The number of alkyl halides is 3. The Labute approximate surface area is 128 Å². The van der Waals surface area contributed by atoms with Gasteiger partial charge in [-0.3, -0.25) is 19.0 Å². The van der Waals surface area contributed by atoms with Gasteiger partial charge in [0, 0.05) is 32.4 Å². The average Bonchev–Trinajstić information content (AvgIpc) is 3.02. The number of nitrogens with zero attached hydrogens (tertiary/aromatic N) is 4. The summed E-state index contributed by atoms with van der Waals surface area (Å²) in [5, 5.41) is 11.8. The van der Waals surface area contributed by atoms with Gasteiger partial charge in [-0.15, -0.1) is 0 Å². The van der Waals surface area contributed by atoms with E-state index >= 15 is 0 Å². The molecule has 0 bridgehead atoms. The van der Waals surface area contributed by atoms with Crippen molar-refractivity contribution in [3.05, 3.63) is 29.8 Å². The molecule has 0 saturated heterocycles. The highest BCUT2D eigenvalue weighted by Crippen LogP contribution is 2.20. The fourth-order valence-electron chi connectivity index (χ4n) is 1.82. The molecule has 2 amide bonds. The minimum absolute atomic E-state index is 0.129. The summed E-state index contributed by atoms with van der Waals surface area (Å²) in [7, 11) is 3.08. The van der Waals surface area contributed by atoms with Crippen LogP contribution < -0.4 is 10.6 Å². The number of hydrogen-bond donors (Lipinski definition) is 2. The summed E-state index contributed by atoms with van der Waals surface area (Å²) in [5.41, 5.74) is 0.203. The van der Waals surface area contributed by atoms with Crippen molar-refractivity contribution in [2.75, 3.05) is 5.32 Å². The molecule has 0 aliphatic carbocycles. The summed E-state index contributed by atoms with van der Waals surface area (Å²) in [5.74, 6) is -2.85. The van der Waals surface area contributed by atoms with Gasteiger partial charge in [0.2, 0.25) is 0 Å². The Bertz CT molecular complexity index is 733. The fourth-order valence-corrected chi connectivity index (χ4v) is 1.82. The molecule has 23 heavy (non-hydrogen) atoms. The van der Waals surface area contributed by atoms with Crippen LogP contribution in [-0.2, 0) is 25.4 Å². The van der Waals surface area contributed by atoms with E-state index in [1.165, 1.54) is 13.2 Å². The normalized spacial score (nSPS) is 11.3. The van der Waals surface area contributed by atoms with E-state index in [0.29, 0.717) is 5.56 Å². The highest BCUT2D eigenvalue weighted by molar-refractivity contribution is 6.03. The predicted octanol–water partition coefficient (Wildman–Crippen LogP) is 0.584. The van der Waals surface area contributed by atoms with Crippen molar-refractivity contribution in [3.8, 4) is 0 Å². The number of aromatic nitrogens is 4. The van der Waals surface area contributed by atoms with Crippen molar-refractivity contribution in [2.45, 2.75) is 12.7 Å². The van der Waals surface area contributed by atoms with E-state index < -0.39 is 18.0 Å². The highest BCUT2D eigenvalue weighted by Gasteiger charge is 2.39. The van der Waals surface area contributed by atoms with Crippen LogP contribution in [0, 0.1) is 0 Å². The fraction of sp³-hybridized carbons (Fsp3) is 0.333. The van der Waals surface area contributed by atoms with Gasteiger partial charge in [-0.1, -0.05) is 0 Å². The summed E-state index contributed by atoms with van der Waals surface area (Å²) < 4.78 is 39.5. The molecule has 2 aromatic heterocycles. The Kier molecular flexibility index (Phi) is 4.38. The van der Waals surface area contributed by atoms with Crippen LogP contribution in [0.5, 0.6) is 0 Å². The van der Waals surface area contributed by atoms with Crippen LogP contribution in [0.2, 0.25) is 0 Å². The number of hydrogen-bond acceptors (Lipinski definition) is 4. The molecule has 0 radical (unpaired) electrons. The number of anilines is 1. The number of nitrogens with one attached hydrogen (secondary N) is 2. The van der Waals surface area contributed by atoms with Gasteiger partial charge in [0.15, 0.2) is 0 Å². The molecule has 8 nitrogen and oxygen atoms in total. The zero-order valence-electron chi connectivity index (χ0n) is 12.2. The zero-order valence-corrected chi connectivity index (χ0v) is 12.2. The SMILES string of the molecule is Cn1cc(CNC(=O)c2c(NC(=O)C(F)(F)F)cnn2C)cn1. The molecule has 2 N–H and O–H groups in total. The minimum Gasteiger partial charge on any atom is -0.346 e. The smallest absolute Gasteiger partial charge is 0.346 e. The van der Waals surface area contributed by atoms with Gasteiger partial charge >= 0.3 is 12.1 Å². The maximum Gasteiger partial charge on any atom is 0.471 e. The molecule has 0 aromatic carbocycles. The van der Waals surface area contributed by atoms with Gasteiger partial charge in [0.25, 0.3) is 5.91 Å². The molecule has 11 heteroatoms. The molecule has 0 fully saturated rings. The molecule has 0 unspecified atom stereocenters. The molecule has 2 rings (SSSR count).